The number of hydrogen-bond acceptors (Lipinski definition) is 4. The highest BCUT2D eigenvalue weighted by atomic mass is 19.4. The molecule has 204 valence electrons. The maximum Gasteiger partial charge on any atom is 0.416 e. The first-order chi connectivity index (χ1) is 18.7. The molecule has 4 aromatic rings. The van der Waals surface area contributed by atoms with Crippen molar-refractivity contribution in [1.29, 1.82) is 0 Å². The number of aliphatic hydroxyl groups excluding tert-OH is 1. The molecule has 2 aromatic heterocycles. The zero-order chi connectivity index (χ0) is 27.7. The van der Waals surface area contributed by atoms with Crippen LogP contribution in [0.25, 0.3) is 22.0 Å². The molecule has 0 bridgehead atoms. The summed E-state index contributed by atoms with van der Waals surface area (Å²) in [7, 11) is 1.90. The standard InChI is InChI=1S/C30H30F3N3O3/c1-4-39-29(37)28-23(15-12-20-10-13-21(14-11-20)30(31,32)33)22-8-7-9-24-26-19(2)35(3)34-25(26)18-38-17-6-5-16-36(28)27(22)24/h7-11,13-14,29,37H,4-6,16-18H2,1-3H3. The van der Waals surface area contributed by atoms with Gasteiger partial charge in [0.25, 0.3) is 0 Å². The highest BCUT2D eigenvalue weighted by Gasteiger charge is 2.30. The van der Waals surface area contributed by atoms with Gasteiger partial charge in [-0.25, -0.2) is 0 Å². The van der Waals surface area contributed by atoms with Gasteiger partial charge < -0.3 is 19.1 Å². The van der Waals surface area contributed by atoms with Crippen LogP contribution in [0.1, 0.15) is 59.8 Å². The molecule has 1 aliphatic heterocycles. The van der Waals surface area contributed by atoms with Gasteiger partial charge in [0.05, 0.1) is 34.6 Å². The summed E-state index contributed by atoms with van der Waals surface area (Å²) in [6, 6.07) is 10.7. The molecule has 0 saturated heterocycles. The second-order valence-electron chi connectivity index (χ2n) is 9.54. The normalized spacial score (nSPS) is 14.8. The van der Waals surface area contributed by atoms with E-state index >= 15 is 0 Å². The Morgan fingerprint density at radius 1 is 1.13 bits per heavy atom. The molecule has 1 unspecified atom stereocenters. The number of aliphatic hydroxyl groups is 1. The monoisotopic (exact) mass is 537 g/mol. The Balaban J connectivity index is 1.76. The topological polar surface area (TPSA) is 61.4 Å². The van der Waals surface area contributed by atoms with Gasteiger partial charge in [0, 0.05) is 54.6 Å². The van der Waals surface area contributed by atoms with Crippen molar-refractivity contribution in [3.8, 4) is 23.0 Å². The van der Waals surface area contributed by atoms with Crippen LogP contribution >= 0.6 is 0 Å². The van der Waals surface area contributed by atoms with Crippen molar-refractivity contribution in [3.63, 3.8) is 0 Å². The number of halogens is 3. The van der Waals surface area contributed by atoms with Crippen LogP contribution in [0, 0.1) is 18.8 Å². The minimum absolute atomic E-state index is 0.293. The van der Waals surface area contributed by atoms with E-state index < -0.39 is 18.0 Å². The van der Waals surface area contributed by atoms with Gasteiger partial charge >= 0.3 is 6.18 Å². The van der Waals surface area contributed by atoms with Crippen LogP contribution in [0.4, 0.5) is 13.2 Å². The van der Waals surface area contributed by atoms with E-state index in [-0.39, 0.29) is 0 Å². The van der Waals surface area contributed by atoms with Gasteiger partial charge in [0.2, 0.25) is 0 Å². The van der Waals surface area contributed by atoms with Crippen LogP contribution in [-0.2, 0) is 35.8 Å². The quantitative estimate of drug-likeness (QED) is 0.253. The van der Waals surface area contributed by atoms with Crippen LogP contribution in [0.15, 0.2) is 42.5 Å². The second-order valence-corrected chi connectivity index (χ2v) is 9.54. The van der Waals surface area contributed by atoms with Gasteiger partial charge in [-0.1, -0.05) is 30.0 Å². The summed E-state index contributed by atoms with van der Waals surface area (Å²) >= 11 is 0. The van der Waals surface area contributed by atoms with E-state index in [9.17, 15) is 18.3 Å². The largest absolute Gasteiger partial charge is 0.416 e. The highest BCUT2D eigenvalue weighted by molar-refractivity contribution is 6.00. The third-order valence-corrected chi connectivity index (χ3v) is 7.06. The summed E-state index contributed by atoms with van der Waals surface area (Å²) in [6.07, 6.45) is -4.02. The molecule has 6 nitrogen and oxygen atoms in total. The summed E-state index contributed by atoms with van der Waals surface area (Å²) in [5, 5.41) is 16.7. The van der Waals surface area contributed by atoms with Crippen LogP contribution in [0.3, 0.4) is 0 Å². The smallest absolute Gasteiger partial charge is 0.375 e. The predicted molar refractivity (Wildman–Crippen MR) is 142 cm³/mol. The summed E-state index contributed by atoms with van der Waals surface area (Å²) in [4.78, 5) is 0. The fraction of sp³-hybridized carbons (Fsp3) is 0.367. The van der Waals surface area contributed by atoms with Crippen molar-refractivity contribution in [2.24, 2.45) is 7.05 Å². The number of aryl methyl sites for hydroxylation is 2. The number of hydrogen-bond donors (Lipinski definition) is 1. The van der Waals surface area contributed by atoms with Crippen LogP contribution in [0.5, 0.6) is 0 Å². The molecule has 0 spiro atoms. The molecule has 9 heteroatoms. The third kappa shape index (κ3) is 5.20. The Kier molecular flexibility index (Phi) is 7.54. The second kappa shape index (κ2) is 10.9. The lowest BCUT2D eigenvalue weighted by atomic mass is 9.99. The molecule has 1 atom stereocenters. The summed E-state index contributed by atoms with van der Waals surface area (Å²) in [5.74, 6) is 6.18. The molecule has 0 amide bonds. The summed E-state index contributed by atoms with van der Waals surface area (Å²) in [6.45, 7) is 5.69. The highest BCUT2D eigenvalue weighted by Crippen LogP contribution is 2.40. The molecule has 3 heterocycles. The fourth-order valence-electron chi connectivity index (χ4n) is 5.14. The Bertz CT molecular complexity index is 1560. The first-order valence-electron chi connectivity index (χ1n) is 12.9. The number of aromatic nitrogens is 3. The van der Waals surface area contributed by atoms with Crippen LogP contribution in [0.2, 0.25) is 0 Å². The fourth-order valence-corrected chi connectivity index (χ4v) is 5.14. The zero-order valence-corrected chi connectivity index (χ0v) is 22.1. The molecule has 1 N–H and O–H groups in total. The third-order valence-electron chi connectivity index (χ3n) is 7.06. The Morgan fingerprint density at radius 2 is 1.90 bits per heavy atom. The van der Waals surface area contributed by atoms with Crippen molar-refractivity contribution in [2.75, 3.05) is 13.2 Å². The SMILES string of the molecule is CCOC(O)c1c(C#Cc2ccc(C(F)(F)F)cc2)c2cccc3c2n1CCCCOCc1nn(C)c(C)c1-3. The van der Waals surface area contributed by atoms with E-state index in [4.69, 9.17) is 14.6 Å². The molecule has 0 saturated carbocycles. The van der Waals surface area contributed by atoms with Crippen molar-refractivity contribution >= 4 is 10.9 Å². The number of benzene rings is 2. The van der Waals surface area contributed by atoms with E-state index in [1.165, 1.54) is 12.1 Å². The summed E-state index contributed by atoms with van der Waals surface area (Å²) in [5.41, 5.74) is 5.48. The van der Waals surface area contributed by atoms with Gasteiger partial charge in [0.1, 0.15) is 0 Å². The number of nitrogens with zero attached hydrogens (tertiary/aromatic N) is 3. The Hall–Kier alpha value is -3.58. The maximum absolute atomic E-state index is 13.0. The Morgan fingerprint density at radius 3 is 2.62 bits per heavy atom. The first kappa shape index (κ1) is 27.0. The predicted octanol–water partition coefficient (Wildman–Crippen LogP) is 6.11. The minimum Gasteiger partial charge on any atom is -0.375 e. The van der Waals surface area contributed by atoms with Gasteiger partial charge in [-0.05, 0) is 51.0 Å². The average Bonchev–Trinajstić information content (AvgIpc) is 3.36. The molecule has 39 heavy (non-hydrogen) atoms. The zero-order valence-electron chi connectivity index (χ0n) is 22.1. The number of alkyl halides is 3. The minimum atomic E-state index is -4.42. The molecule has 0 aliphatic carbocycles. The number of para-hydroxylation sites is 1. The van der Waals surface area contributed by atoms with E-state index in [1.54, 1.807) is 6.92 Å². The number of fused-ring (bicyclic) bond motifs is 2. The first-order valence-corrected chi connectivity index (χ1v) is 12.9. The number of rotatable bonds is 3. The van der Waals surface area contributed by atoms with Crippen molar-refractivity contribution < 1.29 is 27.8 Å². The Labute approximate surface area is 225 Å². The molecule has 5 rings (SSSR count). The van der Waals surface area contributed by atoms with Crippen molar-refractivity contribution in [2.45, 2.75) is 52.3 Å². The van der Waals surface area contributed by atoms with E-state index in [1.807, 2.05) is 36.9 Å². The van der Waals surface area contributed by atoms with Crippen molar-refractivity contribution in [3.05, 3.63) is 76.2 Å². The molecule has 1 aliphatic rings. The van der Waals surface area contributed by atoms with Gasteiger partial charge in [0.15, 0.2) is 6.29 Å². The lowest BCUT2D eigenvalue weighted by Gasteiger charge is -2.17. The van der Waals surface area contributed by atoms with E-state index in [0.29, 0.717) is 43.2 Å². The average molecular weight is 538 g/mol. The van der Waals surface area contributed by atoms with Gasteiger partial charge in [-0.15, -0.1) is 0 Å². The molecular weight excluding hydrogens is 507 g/mol. The lowest BCUT2D eigenvalue weighted by molar-refractivity contribution is -0.137. The van der Waals surface area contributed by atoms with Gasteiger partial charge in [-0.2, -0.15) is 18.3 Å². The maximum atomic E-state index is 13.0. The van der Waals surface area contributed by atoms with Gasteiger partial charge in [-0.3, -0.25) is 4.68 Å². The van der Waals surface area contributed by atoms with Crippen LogP contribution in [-0.4, -0.2) is 32.7 Å². The van der Waals surface area contributed by atoms with E-state index in [0.717, 1.165) is 58.4 Å². The molecular formula is C30H30F3N3O3. The molecule has 0 radical (unpaired) electrons. The van der Waals surface area contributed by atoms with E-state index in [2.05, 4.69) is 16.4 Å². The number of ether oxygens (including phenoxy) is 2. The summed E-state index contributed by atoms with van der Waals surface area (Å²) < 4.78 is 54.6. The van der Waals surface area contributed by atoms with Crippen molar-refractivity contribution in [1.82, 2.24) is 14.3 Å². The molecule has 2 aromatic carbocycles. The molecule has 0 fully saturated rings. The van der Waals surface area contributed by atoms with Crippen LogP contribution < -0.4 is 0 Å². The lowest BCUT2D eigenvalue weighted by Crippen LogP contribution is -2.13.